The number of ketones is 1. The molecule has 2 heterocycles. The molecule has 0 amide bonds. The second-order valence-electron chi connectivity index (χ2n) is 11.0. The van der Waals surface area contributed by atoms with E-state index >= 15 is 0 Å². The van der Waals surface area contributed by atoms with Crippen LogP contribution in [0.25, 0.3) is 0 Å². The molecule has 35 heavy (non-hydrogen) atoms. The number of rotatable bonds is 4. The van der Waals surface area contributed by atoms with Gasteiger partial charge in [-0.25, -0.2) is 0 Å². The van der Waals surface area contributed by atoms with E-state index in [1.54, 1.807) is 26.8 Å². The maximum atomic E-state index is 12.7. The highest BCUT2D eigenvalue weighted by Gasteiger charge is 2.70. The summed E-state index contributed by atoms with van der Waals surface area (Å²) in [5.74, 6) is -3.40. The lowest BCUT2D eigenvalue weighted by Crippen LogP contribution is -2.69. The van der Waals surface area contributed by atoms with E-state index in [-0.39, 0.29) is 24.5 Å². The molecule has 9 heteroatoms. The molecule has 0 aromatic rings. The van der Waals surface area contributed by atoms with Crippen molar-refractivity contribution in [3.63, 3.8) is 0 Å². The lowest BCUT2D eigenvalue weighted by atomic mass is 9.55. The Morgan fingerprint density at radius 2 is 1.69 bits per heavy atom. The fourth-order valence-electron chi connectivity index (χ4n) is 6.54. The zero-order valence-electron chi connectivity index (χ0n) is 21.8. The van der Waals surface area contributed by atoms with E-state index in [0.29, 0.717) is 5.57 Å². The molecule has 0 aromatic heterocycles. The Kier molecular flexibility index (Phi) is 7.54. The van der Waals surface area contributed by atoms with Crippen LogP contribution >= 0.6 is 0 Å². The molecular weight excluding hydrogens is 456 g/mol. The van der Waals surface area contributed by atoms with Crippen molar-refractivity contribution in [2.75, 3.05) is 0 Å². The van der Waals surface area contributed by atoms with Gasteiger partial charge in [-0.2, -0.15) is 0 Å². The molecule has 1 saturated carbocycles. The minimum absolute atomic E-state index is 0.0814. The van der Waals surface area contributed by atoms with Gasteiger partial charge in [0.15, 0.2) is 17.5 Å². The smallest absolute Gasteiger partial charge is 0.303 e. The standard InChI is InChI=1S/C26H38O9/c1-12(2)19-20-21(18-11-13(3)17(30)9-10-25(7,31)23(20)34-18)26(8,35-16(6)29)24(33-15(5)28)22(19)32-14(4)27/h11-12,18-24,31H,9-10H2,1-8H3/b13-11-/t18-,19-,20-,21-,22+,23-,24+,25-,26+/m1/s1. The highest BCUT2D eigenvalue weighted by molar-refractivity contribution is 5.94. The summed E-state index contributed by atoms with van der Waals surface area (Å²) in [7, 11) is 0. The fraction of sp³-hybridized carbons (Fsp3) is 0.769. The molecule has 2 fully saturated rings. The van der Waals surface area contributed by atoms with Gasteiger partial charge >= 0.3 is 17.9 Å². The van der Waals surface area contributed by atoms with Gasteiger partial charge in [0.2, 0.25) is 0 Å². The van der Waals surface area contributed by atoms with E-state index in [1.807, 2.05) is 13.8 Å². The van der Waals surface area contributed by atoms with Crippen LogP contribution in [0.15, 0.2) is 11.6 Å². The van der Waals surface area contributed by atoms with Crippen LogP contribution in [0.5, 0.6) is 0 Å². The summed E-state index contributed by atoms with van der Waals surface area (Å²) in [6.45, 7) is 12.7. The van der Waals surface area contributed by atoms with Crippen LogP contribution in [0.3, 0.4) is 0 Å². The summed E-state index contributed by atoms with van der Waals surface area (Å²) >= 11 is 0. The van der Waals surface area contributed by atoms with Crippen molar-refractivity contribution >= 4 is 23.7 Å². The second-order valence-corrected chi connectivity index (χ2v) is 11.0. The van der Waals surface area contributed by atoms with Crippen molar-refractivity contribution in [1.82, 2.24) is 0 Å². The molecule has 0 radical (unpaired) electrons. The number of carbonyl (C=O) groups excluding carboxylic acids is 4. The van der Waals surface area contributed by atoms with Gasteiger partial charge in [0.1, 0.15) is 6.10 Å². The third-order valence-corrected chi connectivity index (χ3v) is 7.82. The summed E-state index contributed by atoms with van der Waals surface area (Å²) in [6, 6.07) is 0. The summed E-state index contributed by atoms with van der Waals surface area (Å²) < 4.78 is 23.9. The predicted octanol–water partition coefficient (Wildman–Crippen LogP) is 2.52. The van der Waals surface area contributed by atoms with Crippen LogP contribution in [0, 0.1) is 23.7 Å². The Bertz CT molecular complexity index is 920. The first kappa shape index (κ1) is 27.3. The van der Waals surface area contributed by atoms with Gasteiger partial charge in [-0.3, -0.25) is 19.2 Å². The first-order valence-corrected chi connectivity index (χ1v) is 12.2. The van der Waals surface area contributed by atoms with E-state index in [0.717, 1.165) is 0 Å². The van der Waals surface area contributed by atoms with Crippen LogP contribution < -0.4 is 0 Å². The minimum Gasteiger partial charge on any atom is -0.458 e. The lowest BCUT2D eigenvalue weighted by molar-refractivity contribution is -0.247. The van der Waals surface area contributed by atoms with Crippen molar-refractivity contribution < 1.29 is 43.2 Å². The van der Waals surface area contributed by atoms with Crippen molar-refractivity contribution in [3.05, 3.63) is 11.6 Å². The molecule has 2 bridgehead atoms. The van der Waals surface area contributed by atoms with Crippen LogP contribution in [-0.4, -0.2) is 64.4 Å². The van der Waals surface area contributed by atoms with Crippen molar-refractivity contribution in [2.45, 2.75) is 104 Å². The third-order valence-electron chi connectivity index (χ3n) is 7.82. The van der Waals surface area contributed by atoms with Gasteiger partial charge < -0.3 is 24.1 Å². The maximum absolute atomic E-state index is 12.7. The number of ether oxygens (including phenoxy) is 4. The largest absolute Gasteiger partial charge is 0.458 e. The molecule has 3 rings (SSSR count). The Hall–Kier alpha value is -2.26. The number of hydrogen-bond donors (Lipinski definition) is 1. The molecule has 9 nitrogen and oxygen atoms in total. The molecule has 1 N–H and O–H groups in total. The Balaban J connectivity index is 2.33. The Morgan fingerprint density at radius 3 is 2.20 bits per heavy atom. The lowest BCUT2D eigenvalue weighted by Gasteiger charge is -2.55. The SMILES string of the molecule is CC(=O)O[C@H]1[C@H](C(C)C)[C@@H]2[C@@H]([C@H]3/C=C(/C)C(=O)CC[C@@](C)(O)[C@@H]2O3)[C@](C)(OC(C)=O)[C@H]1OC(C)=O. The zero-order valence-corrected chi connectivity index (χ0v) is 21.8. The predicted molar refractivity (Wildman–Crippen MR) is 124 cm³/mol. The Labute approximate surface area is 206 Å². The molecular formula is C26H38O9. The molecule has 0 aromatic carbocycles. The van der Waals surface area contributed by atoms with Crippen LogP contribution in [0.1, 0.15) is 68.2 Å². The van der Waals surface area contributed by atoms with Gasteiger partial charge in [0, 0.05) is 44.9 Å². The average molecular weight is 495 g/mol. The van der Waals surface area contributed by atoms with Crippen molar-refractivity contribution in [2.24, 2.45) is 23.7 Å². The number of carbonyl (C=O) groups is 4. The van der Waals surface area contributed by atoms with E-state index in [2.05, 4.69) is 0 Å². The highest BCUT2D eigenvalue weighted by atomic mass is 16.6. The van der Waals surface area contributed by atoms with Gasteiger partial charge in [-0.1, -0.05) is 13.8 Å². The van der Waals surface area contributed by atoms with Gasteiger partial charge in [0.05, 0.1) is 17.8 Å². The van der Waals surface area contributed by atoms with Gasteiger partial charge in [0.25, 0.3) is 0 Å². The van der Waals surface area contributed by atoms with Crippen LogP contribution in [-0.2, 0) is 38.1 Å². The van der Waals surface area contributed by atoms with Crippen LogP contribution in [0.2, 0.25) is 0 Å². The first-order chi connectivity index (χ1) is 16.1. The molecule has 196 valence electrons. The maximum Gasteiger partial charge on any atom is 0.303 e. The summed E-state index contributed by atoms with van der Waals surface area (Å²) in [5.41, 5.74) is -2.36. The van der Waals surface area contributed by atoms with Gasteiger partial charge in [-0.05, 0) is 44.8 Å². The van der Waals surface area contributed by atoms with E-state index in [1.165, 1.54) is 20.8 Å². The second kappa shape index (κ2) is 9.65. The van der Waals surface area contributed by atoms with Crippen LogP contribution in [0.4, 0.5) is 0 Å². The van der Waals surface area contributed by atoms with Gasteiger partial charge in [-0.15, -0.1) is 0 Å². The summed E-state index contributed by atoms with van der Waals surface area (Å²) in [6.07, 6.45) is -1.46. The molecule has 0 spiro atoms. The van der Waals surface area contributed by atoms with Crippen molar-refractivity contribution in [1.29, 1.82) is 0 Å². The zero-order chi connectivity index (χ0) is 26.5. The molecule has 1 saturated heterocycles. The average Bonchev–Trinajstić information content (AvgIpc) is 3.08. The highest BCUT2D eigenvalue weighted by Crippen LogP contribution is 2.58. The minimum atomic E-state index is -1.47. The number of allylic oxidation sites excluding steroid dienone is 1. The van der Waals surface area contributed by atoms with E-state index in [9.17, 15) is 24.3 Å². The number of esters is 3. The van der Waals surface area contributed by atoms with E-state index < -0.39 is 71.3 Å². The fourth-order valence-corrected chi connectivity index (χ4v) is 6.54. The molecule has 2 aliphatic heterocycles. The van der Waals surface area contributed by atoms with Crippen molar-refractivity contribution in [3.8, 4) is 0 Å². The monoisotopic (exact) mass is 494 g/mol. The quantitative estimate of drug-likeness (QED) is 0.463. The molecule has 0 unspecified atom stereocenters. The number of aliphatic hydroxyl groups is 1. The third kappa shape index (κ3) is 5.03. The first-order valence-electron chi connectivity index (χ1n) is 12.2. The topological polar surface area (TPSA) is 125 Å². The summed E-state index contributed by atoms with van der Waals surface area (Å²) in [5, 5.41) is 11.6. The molecule has 1 aliphatic carbocycles. The number of Topliss-reactive ketones (excluding diaryl/α,β-unsaturated/α-hetero) is 1. The normalized spacial score (nSPS) is 42.6. The molecule has 3 aliphatic rings. The Morgan fingerprint density at radius 1 is 1.09 bits per heavy atom. The molecule has 9 atom stereocenters. The number of fused-ring (bicyclic) bond motifs is 5. The summed E-state index contributed by atoms with van der Waals surface area (Å²) in [4.78, 5) is 49.5. The van der Waals surface area contributed by atoms with E-state index in [4.69, 9.17) is 18.9 Å². The number of hydrogen-bond acceptors (Lipinski definition) is 9.